The van der Waals surface area contributed by atoms with E-state index in [0.717, 1.165) is 17.6 Å². The first-order valence-electron chi connectivity index (χ1n) is 8.95. The predicted molar refractivity (Wildman–Crippen MR) is 102 cm³/mol. The number of nitrogens with zero attached hydrogens (tertiary/aromatic N) is 1. The molecule has 27 heavy (non-hydrogen) atoms. The zero-order chi connectivity index (χ0) is 20.2. The van der Waals surface area contributed by atoms with Crippen molar-refractivity contribution in [2.75, 3.05) is 33.1 Å². The van der Waals surface area contributed by atoms with Crippen molar-refractivity contribution in [3.05, 3.63) is 29.8 Å². The molecule has 1 aromatic carbocycles. The van der Waals surface area contributed by atoms with Gasteiger partial charge < -0.3 is 14.4 Å². The highest BCUT2D eigenvalue weighted by atomic mass is 32.2. The first kappa shape index (κ1) is 21.5. The van der Waals surface area contributed by atoms with Crippen molar-refractivity contribution < 1.29 is 26.9 Å². The zero-order valence-electron chi connectivity index (χ0n) is 16.6. The minimum absolute atomic E-state index is 0.0226. The van der Waals surface area contributed by atoms with E-state index in [1.807, 2.05) is 45.0 Å². The molecule has 1 aliphatic heterocycles. The van der Waals surface area contributed by atoms with Gasteiger partial charge >= 0.3 is 6.09 Å². The van der Waals surface area contributed by atoms with Gasteiger partial charge in [0, 0.05) is 19.0 Å². The minimum Gasteiger partial charge on any atom is -0.497 e. The first-order chi connectivity index (χ1) is 12.5. The summed E-state index contributed by atoms with van der Waals surface area (Å²) in [5.74, 6) is 0.680. The summed E-state index contributed by atoms with van der Waals surface area (Å²) in [4.78, 5) is 14.0. The Kier molecular flexibility index (Phi) is 6.75. The molecule has 1 amide bonds. The van der Waals surface area contributed by atoms with E-state index in [0.29, 0.717) is 19.5 Å². The quantitative estimate of drug-likeness (QED) is 0.708. The van der Waals surface area contributed by atoms with Crippen LogP contribution in [0.1, 0.15) is 38.7 Å². The molecule has 2 atom stereocenters. The Morgan fingerprint density at radius 3 is 2.37 bits per heavy atom. The fourth-order valence-electron chi connectivity index (χ4n) is 3.19. The number of hydrogen-bond acceptors (Lipinski definition) is 6. The largest absolute Gasteiger partial charge is 0.497 e. The topological polar surface area (TPSA) is 82.1 Å². The lowest BCUT2D eigenvalue weighted by molar-refractivity contribution is 0.0114. The molecule has 1 aliphatic rings. The average molecular weight is 400 g/mol. The second-order valence-electron chi connectivity index (χ2n) is 7.84. The van der Waals surface area contributed by atoms with Crippen LogP contribution in [0.5, 0.6) is 5.75 Å². The molecule has 1 heterocycles. The van der Waals surface area contributed by atoms with Crippen LogP contribution in [0, 0.1) is 5.92 Å². The Morgan fingerprint density at radius 2 is 1.85 bits per heavy atom. The molecule has 1 aromatic rings. The van der Waals surface area contributed by atoms with Crippen molar-refractivity contribution in [1.29, 1.82) is 0 Å². The third-order valence-electron chi connectivity index (χ3n) is 4.43. The van der Waals surface area contributed by atoms with Gasteiger partial charge in [0.05, 0.1) is 20.0 Å². The SMILES string of the molecule is COc1ccc([C@@H]2CCN(C(=O)OC(C)(C)C)C[C@@H]2COS(C)(=O)=O)cc1. The molecule has 7 nitrogen and oxygen atoms in total. The summed E-state index contributed by atoms with van der Waals surface area (Å²) in [5.41, 5.74) is 0.490. The van der Waals surface area contributed by atoms with Crippen LogP contribution in [0.2, 0.25) is 0 Å². The summed E-state index contributed by atoms with van der Waals surface area (Å²) in [6.07, 6.45) is 1.34. The van der Waals surface area contributed by atoms with Gasteiger partial charge in [-0.15, -0.1) is 0 Å². The molecule has 0 spiro atoms. The van der Waals surface area contributed by atoms with Crippen molar-refractivity contribution in [1.82, 2.24) is 4.90 Å². The van der Waals surface area contributed by atoms with Crippen molar-refractivity contribution in [3.8, 4) is 5.75 Å². The third-order valence-corrected chi connectivity index (χ3v) is 4.99. The maximum absolute atomic E-state index is 12.4. The van der Waals surface area contributed by atoms with Gasteiger partial charge in [-0.1, -0.05) is 12.1 Å². The lowest BCUT2D eigenvalue weighted by Crippen LogP contribution is -2.46. The van der Waals surface area contributed by atoms with E-state index in [9.17, 15) is 13.2 Å². The maximum atomic E-state index is 12.4. The van der Waals surface area contributed by atoms with Crippen molar-refractivity contribution in [2.45, 2.75) is 38.7 Å². The summed E-state index contributed by atoms with van der Waals surface area (Å²) in [7, 11) is -1.95. The maximum Gasteiger partial charge on any atom is 0.410 e. The highest BCUT2D eigenvalue weighted by Crippen LogP contribution is 2.35. The molecule has 2 rings (SSSR count). The molecule has 0 saturated carbocycles. The van der Waals surface area contributed by atoms with E-state index in [1.54, 1.807) is 12.0 Å². The molecule has 0 radical (unpaired) electrons. The number of amides is 1. The Morgan fingerprint density at radius 1 is 1.22 bits per heavy atom. The standard InChI is InChI=1S/C19H29NO6S/c1-19(2,3)26-18(21)20-11-10-17(14-6-8-16(24-4)9-7-14)15(12-20)13-25-27(5,22)23/h6-9,15,17H,10-13H2,1-5H3/t15-,17+/m1/s1. The van der Waals surface area contributed by atoms with Gasteiger partial charge in [0.25, 0.3) is 10.1 Å². The molecule has 1 fully saturated rings. The van der Waals surface area contributed by atoms with E-state index in [1.165, 1.54) is 0 Å². The van der Waals surface area contributed by atoms with E-state index >= 15 is 0 Å². The summed E-state index contributed by atoms with van der Waals surface area (Å²) in [6.45, 7) is 6.40. The molecular weight excluding hydrogens is 370 g/mol. The fraction of sp³-hybridized carbons (Fsp3) is 0.632. The molecule has 0 aliphatic carbocycles. The zero-order valence-corrected chi connectivity index (χ0v) is 17.4. The number of hydrogen-bond donors (Lipinski definition) is 0. The Hall–Kier alpha value is -1.80. The average Bonchev–Trinajstić information content (AvgIpc) is 2.57. The Bertz CT molecular complexity index is 738. The number of rotatable bonds is 5. The summed E-state index contributed by atoms with van der Waals surface area (Å²) in [6, 6.07) is 7.70. The second-order valence-corrected chi connectivity index (χ2v) is 9.49. The van der Waals surface area contributed by atoms with Gasteiger partial charge in [0.2, 0.25) is 0 Å². The molecule has 0 aromatic heterocycles. The molecule has 0 N–H and O–H groups in total. The van der Waals surface area contributed by atoms with Crippen LogP contribution in [-0.4, -0.2) is 58.1 Å². The van der Waals surface area contributed by atoms with Crippen LogP contribution in [0.25, 0.3) is 0 Å². The van der Waals surface area contributed by atoms with Crippen LogP contribution in [0.3, 0.4) is 0 Å². The van der Waals surface area contributed by atoms with Gasteiger partial charge in [-0.2, -0.15) is 8.42 Å². The van der Waals surface area contributed by atoms with Gasteiger partial charge in [0.15, 0.2) is 0 Å². The van der Waals surface area contributed by atoms with E-state index in [2.05, 4.69) is 0 Å². The highest BCUT2D eigenvalue weighted by Gasteiger charge is 2.35. The lowest BCUT2D eigenvalue weighted by Gasteiger charge is -2.39. The van der Waals surface area contributed by atoms with Crippen LogP contribution >= 0.6 is 0 Å². The van der Waals surface area contributed by atoms with E-state index in [-0.39, 0.29) is 24.5 Å². The monoisotopic (exact) mass is 399 g/mol. The second kappa shape index (κ2) is 8.48. The number of methoxy groups -OCH3 is 1. The van der Waals surface area contributed by atoms with Gasteiger partial charge in [-0.25, -0.2) is 4.79 Å². The van der Waals surface area contributed by atoms with E-state index in [4.69, 9.17) is 13.7 Å². The number of benzene rings is 1. The van der Waals surface area contributed by atoms with Crippen LogP contribution in [0.4, 0.5) is 4.79 Å². The molecular formula is C19H29NO6S. The summed E-state index contributed by atoms with van der Waals surface area (Å²) >= 11 is 0. The molecule has 152 valence electrons. The van der Waals surface area contributed by atoms with Crippen molar-refractivity contribution in [2.24, 2.45) is 5.92 Å². The van der Waals surface area contributed by atoms with Gasteiger partial charge in [0.1, 0.15) is 11.4 Å². The number of piperidine rings is 1. The first-order valence-corrected chi connectivity index (χ1v) is 10.8. The van der Waals surface area contributed by atoms with Crippen molar-refractivity contribution in [3.63, 3.8) is 0 Å². The number of likely N-dealkylation sites (tertiary alicyclic amines) is 1. The summed E-state index contributed by atoms with van der Waals surface area (Å²) in [5, 5.41) is 0. The van der Waals surface area contributed by atoms with Crippen LogP contribution in [-0.2, 0) is 19.0 Å². The molecule has 1 saturated heterocycles. The number of ether oxygens (including phenoxy) is 2. The summed E-state index contributed by atoms with van der Waals surface area (Å²) < 4.78 is 38.6. The number of carbonyl (C=O) groups is 1. The highest BCUT2D eigenvalue weighted by molar-refractivity contribution is 7.85. The van der Waals surface area contributed by atoms with E-state index < -0.39 is 15.7 Å². The number of carbonyl (C=O) groups excluding carboxylic acids is 1. The van der Waals surface area contributed by atoms with Crippen LogP contribution in [0.15, 0.2) is 24.3 Å². The van der Waals surface area contributed by atoms with Crippen LogP contribution < -0.4 is 4.74 Å². The fourth-order valence-corrected chi connectivity index (χ4v) is 3.62. The molecule has 0 unspecified atom stereocenters. The molecule has 8 heteroatoms. The molecule has 0 bridgehead atoms. The minimum atomic E-state index is -3.56. The van der Waals surface area contributed by atoms with Crippen molar-refractivity contribution >= 4 is 16.2 Å². The lowest BCUT2D eigenvalue weighted by atomic mass is 9.81. The smallest absolute Gasteiger partial charge is 0.410 e. The Balaban J connectivity index is 2.17. The van der Waals surface area contributed by atoms with Gasteiger partial charge in [-0.3, -0.25) is 4.18 Å². The van der Waals surface area contributed by atoms with Gasteiger partial charge in [-0.05, 0) is 50.8 Å². The third kappa shape index (κ3) is 6.70. The normalized spacial score (nSPS) is 21.0. The predicted octanol–water partition coefficient (Wildman–Crippen LogP) is 3.01. The Labute approximate surface area is 161 Å².